The molecule has 0 aliphatic rings. The average molecular weight is 291 g/mol. The molecule has 0 saturated carbocycles. The zero-order valence-corrected chi connectivity index (χ0v) is 10.6. The van der Waals surface area contributed by atoms with Crippen LogP contribution >= 0.6 is 0 Å². The molecule has 21 heavy (non-hydrogen) atoms. The van der Waals surface area contributed by atoms with Crippen molar-refractivity contribution in [3.05, 3.63) is 57.9 Å². The minimum absolute atomic E-state index is 0.0492. The van der Waals surface area contributed by atoms with Gasteiger partial charge in [-0.25, -0.2) is 4.39 Å². The highest BCUT2D eigenvalue weighted by molar-refractivity contribution is 5.93. The summed E-state index contributed by atoms with van der Waals surface area (Å²) in [6, 6.07) is 7.05. The van der Waals surface area contributed by atoms with Gasteiger partial charge in [-0.1, -0.05) is 0 Å². The summed E-state index contributed by atoms with van der Waals surface area (Å²) in [4.78, 5) is 21.3. The molecule has 0 bridgehead atoms. The summed E-state index contributed by atoms with van der Waals surface area (Å²) in [7, 11) is 0. The highest BCUT2D eigenvalue weighted by Crippen LogP contribution is 2.33. The SMILES string of the molecule is NC(=O)c1ccc(Oc2ccc(N)cc2F)c([N+](=O)[O-])c1. The van der Waals surface area contributed by atoms with Gasteiger partial charge in [0, 0.05) is 23.4 Å². The van der Waals surface area contributed by atoms with Crippen molar-refractivity contribution in [2.24, 2.45) is 5.73 Å². The molecule has 108 valence electrons. The minimum Gasteiger partial charge on any atom is -0.447 e. The molecular weight excluding hydrogens is 281 g/mol. The van der Waals surface area contributed by atoms with Gasteiger partial charge in [-0.15, -0.1) is 0 Å². The molecule has 0 unspecified atom stereocenters. The van der Waals surface area contributed by atoms with Crippen molar-refractivity contribution in [3.63, 3.8) is 0 Å². The molecule has 0 fully saturated rings. The molecular formula is C13H10FN3O4. The number of nitrogen functional groups attached to an aromatic ring is 1. The number of nitrogens with two attached hydrogens (primary N) is 2. The van der Waals surface area contributed by atoms with Gasteiger partial charge in [0.25, 0.3) is 0 Å². The van der Waals surface area contributed by atoms with E-state index in [9.17, 15) is 19.3 Å². The summed E-state index contributed by atoms with van der Waals surface area (Å²) in [6.45, 7) is 0. The first-order chi connectivity index (χ1) is 9.88. The van der Waals surface area contributed by atoms with Crippen molar-refractivity contribution in [1.82, 2.24) is 0 Å². The highest BCUT2D eigenvalue weighted by Gasteiger charge is 2.19. The normalized spacial score (nSPS) is 10.1. The second-order valence-corrected chi connectivity index (χ2v) is 4.10. The van der Waals surface area contributed by atoms with Crippen LogP contribution in [0.3, 0.4) is 0 Å². The molecule has 0 aliphatic carbocycles. The Morgan fingerprint density at radius 1 is 1.19 bits per heavy atom. The van der Waals surface area contributed by atoms with Gasteiger partial charge in [-0.2, -0.15) is 0 Å². The third kappa shape index (κ3) is 3.06. The predicted molar refractivity (Wildman–Crippen MR) is 72.5 cm³/mol. The number of primary amides is 1. The quantitative estimate of drug-likeness (QED) is 0.508. The minimum atomic E-state index is -0.816. The highest BCUT2D eigenvalue weighted by atomic mass is 19.1. The number of carbonyl (C=O) groups excluding carboxylic acids is 1. The largest absolute Gasteiger partial charge is 0.447 e. The van der Waals surface area contributed by atoms with E-state index in [0.29, 0.717) is 0 Å². The molecule has 2 aromatic carbocycles. The van der Waals surface area contributed by atoms with Gasteiger partial charge in [0.15, 0.2) is 11.6 Å². The Morgan fingerprint density at radius 3 is 2.43 bits per heavy atom. The fourth-order valence-corrected chi connectivity index (χ4v) is 1.62. The summed E-state index contributed by atoms with van der Waals surface area (Å²) in [5.41, 5.74) is 10.1. The van der Waals surface area contributed by atoms with E-state index in [1.54, 1.807) is 0 Å². The van der Waals surface area contributed by atoms with E-state index in [1.807, 2.05) is 0 Å². The van der Waals surface area contributed by atoms with Crippen LogP contribution in [0, 0.1) is 15.9 Å². The summed E-state index contributed by atoms with van der Waals surface area (Å²) in [5, 5.41) is 11.0. The average Bonchev–Trinajstić information content (AvgIpc) is 2.41. The maximum atomic E-state index is 13.6. The first-order valence-electron chi connectivity index (χ1n) is 5.69. The molecule has 1 amide bonds. The van der Waals surface area contributed by atoms with E-state index in [4.69, 9.17) is 16.2 Å². The topological polar surface area (TPSA) is 121 Å². The summed E-state index contributed by atoms with van der Waals surface area (Å²) in [6.07, 6.45) is 0. The lowest BCUT2D eigenvalue weighted by molar-refractivity contribution is -0.385. The Kier molecular flexibility index (Phi) is 3.70. The Morgan fingerprint density at radius 2 is 1.86 bits per heavy atom. The molecule has 7 nitrogen and oxygen atoms in total. The first-order valence-corrected chi connectivity index (χ1v) is 5.69. The van der Waals surface area contributed by atoms with Crippen LogP contribution < -0.4 is 16.2 Å². The summed E-state index contributed by atoms with van der Waals surface area (Å²) < 4.78 is 18.8. The predicted octanol–water partition coefficient (Wildman–Crippen LogP) is 2.21. The van der Waals surface area contributed by atoms with Crippen LogP contribution in [-0.4, -0.2) is 10.8 Å². The third-order valence-electron chi connectivity index (χ3n) is 2.62. The monoisotopic (exact) mass is 291 g/mol. The molecule has 4 N–H and O–H groups in total. The second kappa shape index (κ2) is 5.45. The number of rotatable bonds is 4. The molecule has 0 atom stereocenters. The Hall–Kier alpha value is -3.16. The van der Waals surface area contributed by atoms with Crippen LogP contribution in [0.15, 0.2) is 36.4 Å². The number of nitrogens with zero attached hydrogens (tertiary/aromatic N) is 1. The van der Waals surface area contributed by atoms with Crippen molar-refractivity contribution in [1.29, 1.82) is 0 Å². The molecule has 0 radical (unpaired) electrons. The van der Waals surface area contributed by atoms with Crippen LogP contribution in [0.25, 0.3) is 0 Å². The van der Waals surface area contributed by atoms with Crippen molar-refractivity contribution in [2.45, 2.75) is 0 Å². The zero-order valence-electron chi connectivity index (χ0n) is 10.6. The van der Waals surface area contributed by atoms with Crippen molar-refractivity contribution in [3.8, 4) is 11.5 Å². The van der Waals surface area contributed by atoms with Gasteiger partial charge in [0.2, 0.25) is 11.7 Å². The van der Waals surface area contributed by atoms with E-state index >= 15 is 0 Å². The smallest absolute Gasteiger partial charge is 0.312 e. The van der Waals surface area contributed by atoms with E-state index < -0.39 is 22.3 Å². The number of amides is 1. The number of benzene rings is 2. The first kappa shape index (κ1) is 14.3. The van der Waals surface area contributed by atoms with Gasteiger partial charge in [-0.05, 0) is 24.3 Å². The van der Waals surface area contributed by atoms with Crippen LogP contribution in [-0.2, 0) is 0 Å². The van der Waals surface area contributed by atoms with E-state index in [-0.39, 0.29) is 22.7 Å². The molecule has 2 aromatic rings. The lowest BCUT2D eigenvalue weighted by atomic mass is 10.2. The number of nitro groups is 1. The van der Waals surface area contributed by atoms with Crippen molar-refractivity contribution < 1.29 is 18.8 Å². The number of hydrogen-bond acceptors (Lipinski definition) is 5. The fraction of sp³-hybridized carbons (Fsp3) is 0. The molecule has 0 aromatic heterocycles. The standard InChI is InChI=1S/C13H10FN3O4/c14-9-6-8(15)2-4-11(9)21-12-3-1-7(13(16)18)5-10(12)17(19)20/h1-6H,15H2,(H2,16,18). The van der Waals surface area contributed by atoms with Gasteiger partial charge in [-0.3, -0.25) is 14.9 Å². The van der Waals surface area contributed by atoms with Crippen molar-refractivity contribution in [2.75, 3.05) is 5.73 Å². The molecule has 0 saturated heterocycles. The van der Waals surface area contributed by atoms with Gasteiger partial charge >= 0.3 is 5.69 Å². The van der Waals surface area contributed by atoms with E-state index in [0.717, 1.165) is 12.1 Å². The molecule has 0 spiro atoms. The van der Waals surface area contributed by atoms with Gasteiger partial charge in [0.1, 0.15) is 0 Å². The van der Waals surface area contributed by atoms with Crippen LogP contribution in [0.4, 0.5) is 15.8 Å². The summed E-state index contributed by atoms with van der Waals surface area (Å²) >= 11 is 0. The second-order valence-electron chi connectivity index (χ2n) is 4.10. The third-order valence-corrected chi connectivity index (χ3v) is 2.62. The lowest BCUT2D eigenvalue weighted by Crippen LogP contribution is -2.11. The number of halogens is 1. The number of carbonyl (C=O) groups is 1. The number of anilines is 1. The van der Waals surface area contributed by atoms with Crippen LogP contribution in [0.1, 0.15) is 10.4 Å². The summed E-state index contributed by atoms with van der Waals surface area (Å²) in [5.74, 6) is -2.01. The van der Waals surface area contributed by atoms with Crippen molar-refractivity contribution >= 4 is 17.3 Å². The maximum Gasteiger partial charge on any atom is 0.312 e. The van der Waals surface area contributed by atoms with E-state index in [1.165, 1.54) is 24.3 Å². The Bertz CT molecular complexity index is 733. The Labute approximate surface area is 118 Å². The Balaban J connectivity index is 2.44. The van der Waals surface area contributed by atoms with E-state index in [2.05, 4.69) is 0 Å². The number of hydrogen-bond donors (Lipinski definition) is 2. The number of ether oxygens (including phenoxy) is 1. The molecule has 8 heteroatoms. The maximum absolute atomic E-state index is 13.6. The molecule has 2 rings (SSSR count). The molecule has 0 aliphatic heterocycles. The van der Waals surface area contributed by atoms with Crippen LogP contribution in [0.5, 0.6) is 11.5 Å². The lowest BCUT2D eigenvalue weighted by Gasteiger charge is -2.08. The van der Waals surface area contributed by atoms with Crippen LogP contribution in [0.2, 0.25) is 0 Å². The molecule has 0 heterocycles. The fourth-order valence-electron chi connectivity index (χ4n) is 1.62. The number of nitro benzene ring substituents is 1. The zero-order chi connectivity index (χ0) is 15.6. The van der Waals surface area contributed by atoms with Gasteiger partial charge in [0.05, 0.1) is 4.92 Å². The van der Waals surface area contributed by atoms with Gasteiger partial charge < -0.3 is 16.2 Å².